The Morgan fingerprint density at radius 2 is 1.96 bits per heavy atom. The van der Waals surface area contributed by atoms with E-state index >= 15 is 0 Å². The van der Waals surface area contributed by atoms with E-state index in [1.54, 1.807) is 12.4 Å². The van der Waals surface area contributed by atoms with Crippen LogP contribution >= 0.6 is 12.4 Å². The lowest BCUT2D eigenvalue weighted by Crippen LogP contribution is -2.29. The van der Waals surface area contributed by atoms with Crippen molar-refractivity contribution in [2.24, 2.45) is 0 Å². The molecule has 0 aliphatic rings. The predicted octanol–water partition coefficient (Wildman–Crippen LogP) is 4.25. The minimum Gasteiger partial charge on any atom is -0.410 e. The van der Waals surface area contributed by atoms with Gasteiger partial charge < -0.3 is 10.1 Å². The van der Waals surface area contributed by atoms with Gasteiger partial charge in [0.25, 0.3) is 0 Å². The lowest BCUT2D eigenvalue weighted by Gasteiger charge is -2.26. The quantitative estimate of drug-likeness (QED) is 0.700. The number of halogens is 1. The van der Waals surface area contributed by atoms with E-state index in [9.17, 15) is 4.79 Å². The Kier molecular flexibility index (Phi) is 6.86. The SMILES string of the molecule is CCCN(c1ccncc1)n1ccc2cc(OC(=O)NCC)ccc21.Cl. The number of fused-ring (bicyclic) bond motifs is 1. The third-order valence-corrected chi connectivity index (χ3v) is 3.83. The van der Waals surface area contributed by atoms with Crippen molar-refractivity contribution in [1.29, 1.82) is 0 Å². The third kappa shape index (κ3) is 4.26. The zero-order valence-corrected chi connectivity index (χ0v) is 15.7. The van der Waals surface area contributed by atoms with Gasteiger partial charge in [-0.25, -0.2) is 4.79 Å². The summed E-state index contributed by atoms with van der Waals surface area (Å²) in [5.74, 6) is 0.530. The summed E-state index contributed by atoms with van der Waals surface area (Å²) in [5.41, 5.74) is 2.13. The molecule has 0 aliphatic heterocycles. The maximum Gasteiger partial charge on any atom is 0.412 e. The fraction of sp³-hybridized carbons (Fsp3) is 0.263. The van der Waals surface area contributed by atoms with Gasteiger partial charge in [-0.05, 0) is 49.7 Å². The van der Waals surface area contributed by atoms with E-state index in [0.717, 1.165) is 29.6 Å². The molecule has 2 heterocycles. The van der Waals surface area contributed by atoms with E-state index in [4.69, 9.17) is 4.74 Å². The van der Waals surface area contributed by atoms with Crippen LogP contribution in [0.25, 0.3) is 10.9 Å². The number of amides is 1. The van der Waals surface area contributed by atoms with E-state index in [0.29, 0.717) is 12.3 Å². The first-order chi connectivity index (χ1) is 12.2. The van der Waals surface area contributed by atoms with Crippen molar-refractivity contribution in [1.82, 2.24) is 15.0 Å². The summed E-state index contributed by atoms with van der Waals surface area (Å²) in [6, 6.07) is 11.7. The van der Waals surface area contributed by atoms with Crippen LogP contribution in [0.5, 0.6) is 5.75 Å². The summed E-state index contributed by atoms with van der Waals surface area (Å²) in [5, 5.41) is 5.84. The number of pyridine rings is 1. The smallest absolute Gasteiger partial charge is 0.410 e. The molecule has 7 heteroatoms. The van der Waals surface area contributed by atoms with Gasteiger partial charge in [0.05, 0.1) is 11.2 Å². The van der Waals surface area contributed by atoms with E-state index in [-0.39, 0.29) is 12.4 Å². The highest BCUT2D eigenvalue weighted by Gasteiger charge is 2.12. The minimum absolute atomic E-state index is 0. The standard InChI is InChI=1S/C19H22N4O2.ClH/c1-3-12-22(16-7-10-20-11-8-16)23-13-9-15-14-17(5-6-18(15)23)25-19(24)21-4-2;/h5-11,13-14H,3-4,12H2,1-2H3,(H,21,24);1H. The second-order valence-corrected chi connectivity index (χ2v) is 5.63. The molecule has 0 aliphatic carbocycles. The lowest BCUT2D eigenvalue weighted by atomic mass is 10.2. The zero-order chi connectivity index (χ0) is 17.6. The first-order valence-electron chi connectivity index (χ1n) is 8.47. The van der Waals surface area contributed by atoms with Crippen LogP contribution in [-0.4, -0.2) is 28.8 Å². The molecule has 2 aromatic heterocycles. The largest absolute Gasteiger partial charge is 0.412 e. The van der Waals surface area contributed by atoms with Crippen molar-refractivity contribution in [2.45, 2.75) is 20.3 Å². The lowest BCUT2D eigenvalue weighted by molar-refractivity contribution is 0.201. The van der Waals surface area contributed by atoms with Crippen molar-refractivity contribution in [3.63, 3.8) is 0 Å². The topological polar surface area (TPSA) is 59.4 Å². The molecule has 0 atom stereocenters. The van der Waals surface area contributed by atoms with Gasteiger partial charge in [-0.15, -0.1) is 12.4 Å². The van der Waals surface area contributed by atoms with Crippen LogP contribution in [0.2, 0.25) is 0 Å². The molecule has 0 saturated heterocycles. The minimum atomic E-state index is -0.439. The molecular weight excluding hydrogens is 352 g/mol. The number of hydrogen-bond donors (Lipinski definition) is 1. The summed E-state index contributed by atoms with van der Waals surface area (Å²) in [6.07, 6.45) is 6.19. The van der Waals surface area contributed by atoms with Crippen LogP contribution < -0.4 is 15.1 Å². The zero-order valence-electron chi connectivity index (χ0n) is 14.9. The molecule has 26 heavy (non-hydrogen) atoms. The molecular formula is C19H23ClN4O2. The number of hydrogen-bond acceptors (Lipinski definition) is 4. The van der Waals surface area contributed by atoms with Crippen LogP contribution in [0, 0.1) is 0 Å². The Balaban J connectivity index is 0.00000243. The Bertz CT molecular complexity index is 851. The van der Waals surface area contributed by atoms with Crippen LogP contribution in [0.4, 0.5) is 10.5 Å². The molecule has 0 fully saturated rings. The molecule has 0 bridgehead atoms. The Hall–Kier alpha value is -2.73. The monoisotopic (exact) mass is 374 g/mol. The first-order valence-corrected chi connectivity index (χ1v) is 8.47. The predicted molar refractivity (Wildman–Crippen MR) is 106 cm³/mol. The van der Waals surface area contributed by atoms with Crippen molar-refractivity contribution in [3.8, 4) is 5.75 Å². The van der Waals surface area contributed by atoms with Gasteiger partial charge in [0.1, 0.15) is 5.75 Å². The van der Waals surface area contributed by atoms with Gasteiger partial charge in [0, 0.05) is 37.1 Å². The third-order valence-electron chi connectivity index (χ3n) is 3.83. The van der Waals surface area contributed by atoms with Crippen LogP contribution in [0.1, 0.15) is 20.3 Å². The Morgan fingerprint density at radius 3 is 2.65 bits per heavy atom. The number of nitrogens with one attached hydrogen (secondary N) is 1. The van der Waals surface area contributed by atoms with Crippen molar-refractivity contribution >= 4 is 35.1 Å². The number of benzene rings is 1. The number of carbonyl (C=O) groups is 1. The molecule has 0 unspecified atom stereocenters. The molecule has 3 aromatic rings. The van der Waals surface area contributed by atoms with Gasteiger partial charge in [-0.2, -0.15) is 0 Å². The number of aromatic nitrogens is 2. The molecule has 6 nitrogen and oxygen atoms in total. The summed E-state index contributed by atoms with van der Waals surface area (Å²) >= 11 is 0. The van der Waals surface area contributed by atoms with Gasteiger partial charge in [-0.1, -0.05) is 6.92 Å². The maximum absolute atomic E-state index is 11.6. The molecule has 1 aromatic carbocycles. The maximum atomic E-state index is 11.6. The normalized spacial score (nSPS) is 10.2. The second kappa shape index (κ2) is 9.10. The van der Waals surface area contributed by atoms with Gasteiger partial charge in [0.2, 0.25) is 0 Å². The fourth-order valence-corrected chi connectivity index (χ4v) is 2.76. The van der Waals surface area contributed by atoms with Crippen molar-refractivity contribution in [3.05, 3.63) is 55.0 Å². The summed E-state index contributed by atoms with van der Waals surface area (Å²) in [7, 11) is 0. The number of carbonyl (C=O) groups excluding carboxylic acids is 1. The molecule has 1 amide bonds. The van der Waals surface area contributed by atoms with E-state index in [1.165, 1.54) is 0 Å². The molecule has 3 rings (SSSR count). The number of nitrogens with zero attached hydrogens (tertiary/aromatic N) is 3. The molecule has 138 valence electrons. The van der Waals surface area contributed by atoms with Crippen LogP contribution in [-0.2, 0) is 0 Å². The Morgan fingerprint density at radius 1 is 1.19 bits per heavy atom. The highest BCUT2D eigenvalue weighted by Crippen LogP contribution is 2.25. The van der Waals surface area contributed by atoms with Gasteiger partial charge in [0.15, 0.2) is 0 Å². The summed E-state index contributed by atoms with van der Waals surface area (Å²) in [6.45, 7) is 5.42. The van der Waals surface area contributed by atoms with E-state index in [1.807, 2.05) is 49.5 Å². The highest BCUT2D eigenvalue weighted by atomic mass is 35.5. The van der Waals surface area contributed by atoms with Crippen LogP contribution in [0.15, 0.2) is 55.0 Å². The average molecular weight is 375 g/mol. The summed E-state index contributed by atoms with van der Waals surface area (Å²) < 4.78 is 7.40. The first kappa shape index (κ1) is 19.6. The van der Waals surface area contributed by atoms with Crippen LogP contribution in [0.3, 0.4) is 0 Å². The second-order valence-electron chi connectivity index (χ2n) is 5.63. The van der Waals surface area contributed by atoms with Crippen molar-refractivity contribution < 1.29 is 9.53 Å². The fourth-order valence-electron chi connectivity index (χ4n) is 2.76. The van der Waals surface area contributed by atoms with E-state index in [2.05, 4.69) is 26.9 Å². The molecule has 0 radical (unpaired) electrons. The van der Waals surface area contributed by atoms with Gasteiger partial charge in [-0.3, -0.25) is 14.7 Å². The number of rotatable bonds is 6. The summed E-state index contributed by atoms with van der Waals surface area (Å²) in [4.78, 5) is 15.7. The Labute approximate surface area is 159 Å². The van der Waals surface area contributed by atoms with Crippen molar-refractivity contribution in [2.75, 3.05) is 18.1 Å². The molecule has 1 N–H and O–H groups in total. The average Bonchev–Trinajstić information content (AvgIpc) is 3.03. The molecule has 0 spiro atoms. The van der Waals surface area contributed by atoms with E-state index < -0.39 is 6.09 Å². The highest BCUT2D eigenvalue weighted by molar-refractivity contribution is 5.85. The van der Waals surface area contributed by atoms with Gasteiger partial charge >= 0.3 is 6.09 Å². The number of anilines is 1. The molecule has 0 saturated carbocycles. The number of ether oxygens (including phenoxy) is 1.